The first-order valence-electron chi connectivity index (χ1n) is 7.32. The minimum Gasteiger partial charge on any atom is -0.347 e. The van der Waals surface area contributed by atoms with Crippen LogP contribution >= 0.6 is 11.6 Å². The molecule has 1 amide bonds. The number of nitrogens with one attached hydrogen (secondary N) is 1. The Bertz CT molecular complexity index is 645. The highest BCUT2D eigenvalue weighted by atomic mass is 35.5. The van der Waals surface area contributed by atoms with Crippen molar-refractivity contribution in [3.05, 3.63) is 64.9 Å². The van der Waals surface area contributed by atoms with E-state index < -0.39 is 0 Å². The summed E-state index contributed by atoms with van der Waals surface area (Å²) in [6.07, 6.45) is 4.19. The molecule has 4 nitrogen and oxygen atoms in total. The van der Waals surface area contributed by atoms with Crippen molar-refractivity contribution < 1.29 is 4.79 Å². The first-order valence-corrected chi connectivity index (χ1v) is 7.69. The number of hydrogen-bond acceptors (Lipinski definition) is 3. The van der Waals surface area contributed by atoms with Gasteiger partial charge in [0.15, 0.2) is 0 Å². The molecule has 0 saturated carbocycles. The highest BCUT2D eigenvalue weighted by Gasteiger charge is 2.34. The van der Waals surface area contributed by atoms with Crippen molar-refractivity contribution in [1.82, 2.24) is 15.2 Å². The first-order chi connectivity index (χ1) is 10.6. The topological polar surface area (TPSA) is 45.2 Å². The number of benzene rings is 1. The number of rotatable bonds is 3. The van der Waals surface area contributed by atoms with Crippen molar-refractivity contribution in [3.63, 3.8) is 0 Å². The molecule has 1 aliphatic rings. The molecule has 0 spiro atoms. The van der Waals surface area contributed by atoms with Crippen molar-refractivity contribution in [2.45, 2.75) is 18.5 Å². The van der Waals surface area contributed by atoms with Crippen LogP contribution in [-0.4, -0.2) is 35.4 Å². The zero-order valence-corrected chi connectivity index (χ0v) is 13.1. The third-order valence-corrected chi connectivity index (χ3v) is 4.37. The summed E-state index contributed by atoms with van der Waals surface area (Å²) in [6.45, 7) is 0.953. The minimum absolute atomic E-state index is 0.0540. The van der Waals surface area contributed by atoms with E-state index in [1.54, 1.807) is 24.5 Å². The van der Waals surface area contributed by atoms with Gasteiger partial charge in [0, 0.05) is 29.5 Å². The Kier molecular flexibility index (Phi) is 4.41. The summed E-state index contributed by atoms with van der Waals surface area (Å²) in [5.74, 6) is -0.0540. The second kappa shape index (κ2) is 6.46. The molecule has 114 valence electrons. The molecule has 1 aromatic carbocycles. The second-order valence-electron chi connectivity index (χ2n) is 5.58. The molecule has 2 heterocycles. The summed E-state index contributed by atoms with van der Waals surface area (Å²) in [5.41, 5.74) is 1.81. The van der Waals surface area contributed by atoms with Crippen LogP contribution < -0.4 is 5.32 Å². The van der Waals surface area contributed by atoms with Crippen LogP contribution in [-0.2, 0) is 0 Å². The summed E-state index contributed by atoms with van der Waals surface area (Å²) >= 11 is 5.97. The highest BCUT2D eigenvalue weighted by Crippen LogP contribution is 2.31. The van der Waals surface area contributed by atoms with E-state index in [1.165, 1.54) is 5.56 Å². The largest absolute Gasteiger partial charge is 0.347 e. The molecule has 0 aliphatic carbocycles. The van der Waals surface area contributed by atoms with Gasteiger partial charge in [0.25, 0.3) is 5.91 Å². The molecule has 1 aliphatic heterocycles. The maximum Gasteiger partial charge on any atom is 0.251 e. The van der Waals surface area contributed by atoms with Crippen LogP contribution in [0, 0.1) is 0 Å². The van der Waals surface area contributed by atoms with E-state index in [4.69, 9.17) is 11.6 Å². The third-order valence-electron chi connectivity index (χ3n) is 4.12. The average Bonchev–Trinajstić information content (AvgIpc) is 2.90. The Morgan fingerprint density at radius 2 is 1.91 bits per heavy atom. The molecule has 1 N–H and O–H groups in total. The molecule has 2 atom stereocenters. The van der Waals surface area contributed by atoms with Crippen LogP contribution in [0.5, 0.6) is 0 Å². The molecule has 0 radical (unpaired) electrons. The van der Waals surface area contributed by atoms with Gasteiger partial charge < -0.3 is 5.32 Å². The average molecular weight is 316 g/mol. The van der Waals surface area contributed by atoms with Gasteiger partial charge in [-0.1, -0.05) is 23.7 Å². The van der Waals surface area contributed by atoms with E-state index in [-0.39, 0.29) is 18.0 Å². The van der Waals surface area contributed by atoms with Crippen LogP contribution in [0.4, 0.5) is 0 Å². The van der Waals surface area contributed by atoms with Gasteiger partial charge in [0.2, 0.25) is 0 Å². The number of carbonyl (C=O) groups excluding carboxylic acids is 1. The fraction of sp³-hybridized carbons (Fsp3) is 0.294. The number of nitrogens with zero attached hydrogens (tertiary/aromatic N) is 2. The summed E-state index contributed by atoms with van der Waals surface area (Å²) in [4.78, 5) is 18.6. The maximum atomic E-state index is 12.4. The van der Waals surface area contributed by atoms with Gasteiger partial charge in [0.05, 0.1) is 12.1 Å². The smallest absolute Gasteiger partial charge is 0.251 e. The van der Waals surface area contributed by atoms with Gasteiger partial charge in [0.1, 0.15) is 0 Å². The molecule has 1 saturated heterocycles. The fourth-order valence-corrected chi connectivity index (χ4v) is 3.13. The Morgan fingerprint density at radius 1 is 1.23 bits per heavy atom. The maximum absolute atomic E-state index is 12.4. The van der Waals surface area contributed by atoms with Crippen molar-refractivity contribution >= 4 is 17.5 Å². The van der Waals surface area contributed by atoms with Crippen LogP contribution in [0.3, 0.4) is 0 Å². The first kappa shape index (κ1) is 15.0. The molecule has 1 aromatic heterocycles. The van der Waals surface area contributed by atoms with Gasteiger partial charge in [-0.25, -0.2) is 0 Å². The normalized spacial score (nSPS) is 21.7. The summed E-state index contributed by atoms with van der Waals surface area (Å²) in [5, 5.41) is 3.87. The highest BCUT2D eigenvalue weighted by molar-refractivity contribution is 6.30. The monoisotopic (exact) mass is 315 g/mol. The van der Waals surface area contributed by atoms with E-state index in [1.807, 2.05) is 24.3 Å². The molecule has 0 unspecified atom stereocenters. The molecule has 2 aromatic rings. The summed E-state index contributed by atoms with van der Waals surface area (Å²) < 4.78 is 0. The molecule has 3 rings (SSSR count). The second-order valence-corrected chi connectivity index (χ2v) is 6.02. The number of likely N-dealkylation sites (N-methyl/N-ethyl adjacent to an activating group) is 1. The lowest BCUT2D eigenvalue weighted by molar-refractivity contribution is 0.0927. The number of halogens is 1. The molecule has 1 fully saturated rings. The van der Waals surface area contributed by atoms with Crippen LogP contribution in [0.1, 0.15) is 28.4 Å². The van der Waals surface area contributed by atoms with E-state index in [0.717, 1.165) is 18.0 Å². The minimum atomic E-state index is -0.0540. The lowest BCUT2D eigenvalue weighted by Crippen LogP contribution is -2.38. The van der Waals surface area contributed by atoms with E-state index in [2.05, 4.69) is 22.2 Å². The van der Waals surface area contributed by atoms with Crippen LogP contribution in [0.25, 0.3) is 0 Å². The van der Waals surface area contributed by atoms with E-state index in [0.29, 0.717) is 5.56 Å². The predicted molar refractivity (Wildman–Crippen MR) is 86.9 cm³/mol. The Hall–Kier alpha value is -1.91. The number of hydrogen-bond donors (Lipinski definition) is 1. The van der Waals surface area contributed by atoms with Crippen molar-refractivity contribution in [1.29, 1.82) is 0 Å². The number of pyridine rings is 1. The standard InChI is InChI=1S/C17H18ClN3O/c1-21-11-8-15(16(21)12-2-4-14(18)5-3-12)20-17(22)13-6-9-19-10-7-13/h2-7,9-10,15-16H,8,11H2,1H3,(H,20,22)/t15-,16-/m1/s1. The van der Waals surface area contributed by atoms with Gasteiger partial charge in [-0.15, -0.1) is 0 Å². The SMILES string of the molecule is CN1CC[C@@H](NC(=O)c2ccncc2)[C@H]1c1ccc(Cl)cc1. The summed E-state index contributed by atoms with van der Waals surface area (Å²) in [7, 11) is 2.08. The Labute approximate surface area is 135 Å². The Balaban J connectivity index is 1.77. The van der Waals surface area contributed by atoms with Gasteiger partial charge in [-0.2, -0.15) is 0 Å². The van der Waals surface area contributed by atoms with Crippen LogP contribution in [0.15, 0.2) is 48.8 Å². The third kappa shape index (κ3) is 3.13. The lowest BCUT2D eigenvalue weighted by atomic mass is 10.00. The van der Waals surface area contributed by atoms with Gasteiger partial charge >= 0.3 is 0 Å². The molecular weight excluding hydrogens is 298 g/mol. The van der Waals surface area contributed by atoms with Crippen molar-refractivity contribution in [2.24, 2.45) is 0 Å². The van der Waals surface area contributed by atoms with Gasteiger partial charge in [-0.3, -0.25) is 14.7 Å². The molecule has 5 heteroatoms. The molecule has 0 bridgehead atoms. The fourth-order valence-electron chi connectivity index (χ4n) is 3.00. The number of amides is 1. The lowest BCUT2D eigenvalue weighted by Gasteiger charge is -2.26. The number of aromatic nitrogens is 1. The van der Waals surface area contributed by atoms with Crippen molar-refractivity contribution in [2.75, 3.05) is 13.6 Å². The quantitative estimate of drug-likeness (QED) is 0.947. The van der Waals surface area contributed by atoms with Crippen molar-refractivity contribution in [3.8, 4) is 0 Å². The molecule has 22 heavy (non-hydrogen) atoms. The van der Waals surface area contributed by atoms with E-state index >= 15 is 0 Å². The van der Waals surface area contributed by atoms with E-state index in [9.17, 15) is 4.79 Å². The zero-order chi connectivity index (χ0) is 15.5. The number of likely N-dealkylation sites (tertiary alicyclic amines) is 1. The van der Waals surface area contributed by atoms with Crippen LogP contribution in [0.2, 0.25) is 5.02 Å². The molecular formula is C17H18ClN3O. The zero-order valence-electron chi connectivity index (χ0n) is 12.4. The Morgan fingerprint density at radius 3 is 2.59 bits per heavy atom. The summed E-state index contributed by atoms with van der Waals surface area (Å²) in [6, 6.07) is 11.6. The number of carbonyl (C=O) groups is 1. The van der Waals surface area contributed by atoms with Gasteiger partial charge in [-0.05, 0) is 43.3 Å². The predicted octanol–water partition coefficient (Wildman–Crippen LogP) is 2.91.